The van der Waals surface area contributed by atoms with Gasteiger partial charge in [-0.15, -0.1) is 0 Å². The predicted molar refractivity (Wildman–Crippen MR) is 78.9 cm³/mol. The topological polar surface area (TPSA) is 15.3 Å². The van der Waals surface area contributed by atoms with Crippen LogP contribution in [-0.4, -0.2) is 35.1 Å². The van der Waals surface area contributed by atoms with E-state index in [9.17, 15) is 0 Å². The lowest BCUT2D eigenvalue weighted by atomic mass is 9.82. The van der Waals surface area contributed by atoms with Crippen molar-refractivity contribution in [3.8, 4) is 0 Å². The van der Waals surface area contributed by atoms with Crippen LogP contribution in [0.1, 0.15) is 66.7 Å². The van der Waals surface area contributed by atoms with Gasteiger partial charge in [0.2, 0.25) is 0 Å². The highest BCUT2D eigenvalue weighted by Crippen LogP contribution is 2.46. The van der Waals surface area contributed by atoms with Gasteiger partial charge in [0.1, 0.15) is 0 Å². The average Bonchev–Trinajstić information content (AvgIpc) is 3.20. The fourth-order valence-corrected chi connectivity index (χ4v) is 3.70. The lowest BCUT2D eigenvalue weighted by molar-refractivity contribution is -0.0294. The first kappa shape index (κ1) is 14.3. The Balaban J connectivity index is 2.20. The van der Waals surface area contributed by atoms with E-state index in [0.29, 0.717) is 11.1 Å². The second kappa shape index (κ2) is 5.13. The molecule has 0 aromatic rings. The monoisotopic (exact) mass is 252 g/mol. The van der Waals surface area contributed by atoms with E-state index in [1.54, 1.807) is 0 Å². The highest BCUT2D eigenvalue weighted by Gasteiger charge is 2.51. The molecule has 2 rings (SSSR count). The van der Waals surface area contributed by atoms with Crippen LogP contribution < -0.4 is 5.32 Å². The van der Waals surface area contributed by atoms with Gasteiger partial charge < -0.3 is 5.32 Å². The number of rotatable bonds is 5. The van der Waals surface area contributed by atoms with Crippen LogP contribution in [0, 0.1) is 5.92 Å². The molecule has 0 spiro atoms. The summed E-state index contributed by atoms with van der Waals surface area (Å²) < 4.78 is 0. The number of nitrogens with one attached hydrogen (secondary N) is 1. The molecule has 2 heteroatoms. The second-order valence-corrected chi connectivity index (χ2v) is 7.00. The smallest absolute Gasteiger partial charge is 0.0337 e. The summed E-state index contributed by atoms with van der Waals surface area (Å²) >= 11 is 0. The maximum absolute atomic E-state index is 3.85. The van der Waals surface area contributed by atoms with Gasteiger partial charge >= 0.3 is 0 Å². The summed E-state index contributed by atoms with van der Waals surface area (Å²) in [6, 6.07) is 0.767. The third kappa shape index (κ3) is 2.46. The Morgan fingerprint density at radius 1 is 1.17 bits per heavy atom. The molecule has 2 unspecified atom stereocenters. The van der Waals surface area contributed by atoms with Crippen molar-refractivity contribution < 1.29 is 0 Å². The van der Waals surface area contributed by atoms with Crippen LogP contribution in [0.5, 0.6) is 0 Å². The van der Waals surface area contributed by atoms with Crippen LogP contribution in [0.15, 0.2) is 0 Å². The molecule has 2 nitrogen and oxygen atoms in total. The van der Waals surface area contributed by atoms with Gasteiger partial charge in [-0.1, -0.05) is 20.8 Å². The lowest BCUT2D eigenvalue weighted by Gasteiger charge is -2.55. The molecular weight excluding hydrogens is 220 g/mol. The number of hydrogen-bond donors (Lipinski definition) is 1. The lowest BCUT2D eigenvalue weighted by Crippen LogP contribution is -2.70. The van der Waals surface area contributed by atoms with Gasteiger partial charge in [0.25, 0.3) is 0 Å². The zero-order valence-electron chi connectivity index (χ0n) is 13.1. The Kier molecular flexibility index (Phi) is 4.08. The predicted octanol–water partition coefficient (Wildman–Crippen LogP) is 3.42. The van der Waals surface area contributed by atoms with E-state index < -0.39 is 0 Å². The summed E-state index contributed by atoms with van der Waals surface area (Å²) in [4.78, 5) is 2.87. The van der Waals surface area contributed by atoms with E-state index >= 15 is 0 Å². The molecule has 2 fully saturated rings. The molecule has 2 atom stereocenters. The molecule has 0 bridgehead atoms. The van der Waals surface area contributed by atoms with Crippen LogP contribution in [0.4, 0.5) is 0 Å². The summed E-state index contributed by atoms with van der Waals surface area (Å²) in [5.74, 6) is 0.937. The Morgan fingerprint density at radius 2 is 1.78 bits per heavy atom. The van der Waals surface area contributed by atoms with E-state index in [-0.39, 0.29) is 0 Å². The van der Waals surface area contributed by atoms with E-state index in [1.807, 2.05) is 0 Å². The maximum atomic E-state index is 3.85. The van der Waals surface area contributed by atoms with Gasteiger partial charge in [-0.25, -0.2) is 0 Å². The summed E-state index contributed by atoms with van der Waals surface area (Å²) in [5, 5.41) is 3.85. The third-order valence-corrected chi connectivity index (χ3v) is 5.67. The van der Waals surface area contributed by atoms with Gasteiger partial charge in [-0.05, 0) is 51.9 Å². The molecule has 2 aliphatic rings. The first-order chi connectivity index (χ1) is 8.49. The molecule has 18 heavy (non-hydrogen) atoms. The number of nitrogens with zero attached hydrogens (tertiary/aromatic N) is 1. The van der Waals surface area contributed by atoms with Gasteiger partial charge in [-0.3, -0.25) is 4.90 Å². The molecule has 106 valence electrons. The molecule has 0 amide bonds. The van der Waals surface area contributed by atoms with Crippen molar-refractivity contribution in [2.24, 2.45) is 5.92 Å². The standard InChI is InChI=1S/C16H32N2/c1-6-14(7-2)18-12-15(4,8-3)17-11-16(18,5)13-9-10-13/h13-14,17H,6-12H2,1-5H3. The van der Waals surface area contributed by atoms with Gasteiger partial charge in [-0.2, -0.15) is 0 Å². The summed E-state index contributed by atoms with van der Waals surface area (Å²) in [6.45, 7) is 14.3. The minimum absolute atomic E-state index is 0.316. The Labute approximate surface area is 114 Å². The Hall–Kier alpha value is -0.0800. The number of piperazine rings is 1. The summed E-state index contributed by atoms with van der Waals surface area (Å²) in [7, 11) is 0. The molecule has 1 aliphatic heterocycles. The van der Waals surface area contributed by atoms with Crippen molar-refractivity contribution >= 4 is 0 Å². The van der Waals surface area contributed by atoms with Crippen molar-refractivity contribution in [2.45, 2.75) is 83.8 Å². The molecular formula is C16H32N2. The number of hydrogen-bond acceptors (Lipinski definition) is 2. The molecule has 0 aromatic carbocycles. The molecule has 1 aliphatic carbocycles. The third-order valence-electron chi connectivity index (χ3n) is 5.67. The zero-order chi connectivity index (χ0) is 13.4. The minimum Gasteiger partial charge on any atom is -0.308 e. The van der Waals surface area contributed by atoms with Gasteiger partial charge in [0.15, 0.2) is 0 Å². The van der Waals surface area contributed by atoms with E-state index in [4.69, 9.17) is 0 Å². The van der Waals surface area contributed by atoms with Crippen molar-refractivity contribution in [3.63, 3.8) is 0 Å². The molecule has 1 N–H and O–H groups in total. The Morgan fingerprint density at radius 3 is 2.22 bits per heavy atom. The highest BCUT2D eigenvalue weighted by molar-refractivity contribution is 5.09. The fraction of sp³-hybridized carbons (Fsp3) is 1.00. The fourth-order valence-electron chi connectivity index (χ4n) is 3.70. The van der Waals surface area contributed by atoms with Crippen molar-refractivity contribution in [1.29, 1.82) is 0 Å². The van der Waals surface area contributed by atoms with E-state index in [1.165, 1.54) is 45.2 Å². The summed E-state index contributed by atoms with van der Waals surface area (Å²) in [5.41, 5.74) is 0.725. The van der Waals surface area contributed by atoms with Crippen molar-refractivity contribution in [1.82, 2.24) is 10.2 Å². The van der Waals surface area contributed by atoms with Crippen molar-refractivity contribution in [3.05, 3.63) is 0 Å². The molecule has 1 saturated carbocycles. The van der Waals surface area contributed by atoms with Crippen molar-refractivity contribution in [2.75, 3.05) is 13.1 Å². The quantitative estimate of drug-likeness (QED) is 0.806. The first-order valence-electron chi connectivity index (χ1n) is 8.01. The SMILES string of the molecule is CCC(CC)N1CC(C)(CC)NCC1(C)C1CC1. The van der Waals surface area contributed by atoms with Gasteiger partial charge in [0.05, 0.1) is 0 Å². The summed E-state index contributed by atoms with van der Waals surface area (Å²) in [6.07, 6.45) is 6.69. The van der Waals surface area contributed by atoms with Crippen LogP contribution in [0.3, 0.4) is 0 Å². The Bertz CT molecular complexity index is 283. The van der Waals surface area contributed by atoms with Crippen LogP contribution >= 0.6 is 0 Å². The zero-order valence-corrected chi connectivity index (χ0v) is 13.1. The van der Waals surface area contributed by atoms with E-state index in [0.717, 1.165) is 12.0 Å². The van der Waals surface area contributed by atoms with Crippen LogP contribution in [-0.2, 0) is 0 Å². The van der Waals surface area contributed by atoms with Crippen LogP contribution in [0.2, 0.25) is 0 Å². The largest absolute Gasteiger partial charge is 0.308 e. The average molecular weight is 252 g/mol. The molecule has 0 radical (unpaired) electrons. The highest BCUT2D eigenvalue weighted by atomic mass is 15.3. The van der Waals surface area contributed by atoms with Crippen LogP contribution in [0.25, 0.3) is 0 Å². The van der Waals surface area contributed by atoms with E-state index in [2.05, 4.69) is 44.8 Å². The second-order valence-electron chi connectivity index (χ2n) is 7.00. The van der Waals surface area contributed by atoms with Gasteiger partial charge in [0, 0.05) is 30.2 Å². The molecule has 0 aromatic heterocycles. The maximum Gasteiger partial charge on any atom is 0.0337 e. The first-order valence-corrected chi connectivity index (χ1v) is 8.01. The normalized spacial score (nSPS) is 38.3. The molecule has 1 saturated heterocycles. The molecule has 1 heterocycles. The minimum atomic E-state index is 0.316.